The average molecular weight is 254 g/mol. The van der Waals surface area contributed by atoms with Gasteiger partial charge in [-0.15, -0.1) is 0 Å². The number of fused-ring (bicyclic) bond motifs is 2. The summed E-state index contributed by atoms with van der Waals surface area (Å²) in [5.74, 6) is -0.0101. The van der Waals surface area contributed by atoms with Crippen LogP contribution in [0, 0.1) is 11.1 Å². The van der Waals surface area contributed by atoms with Gasteiger partial charge in [-0.3, -0.25) is 0 Å². The van der Waals surface area contributed by atoms with E-state index in [1.54, 1.807) is 5.32 Å². The largest absolute Gasteiger partial charge is 0.633 e. The van der Waals surface area contributed by atoms with Crippen molar-refractivity contribution in [2.75, 3.05) is 26.2 Å². The fourth-order valence-electron chi connectivity index (χ4n) is 2.44. The lowest BCUT2D eigenvalue weighted by Gasteiger charge is -2.36. The third-order valence-electron chi connectivity index (χ3n) is 3.20. The summed E-state index contributed by atoms with van der Waals surface area (Å²) in [5.41, 5.74) is 0. The molecule has 3 atom stereocenters. The number of piperidine rings is 1. The Balaban J connectivity index is 1.77. The van der Waals surface area contributed by atoms with Gasteiger partial charge in [-0.05, 0) is 0 Å². The summed E-state index contributed by atoms with van der Waals surface area (Å²) < 4.78 is 39.9. The number of alkyl carbamates (subject to hydrolysis) is 1. The number of quaternary nitrogens is 1. The van der Waals surface area contributed by atoms with E-state index in [0.717, 1.165) is 0 Å². The minimum Gasteiger partial charge on any atom is -0.633 e. The first-order valence-electron chi connectivity index (χ1n) is 5.36. The molecule has 1 N–H and O–H groups in total. The summed E-state index contributed by atoms with van der Waals surface area (Å²) in [5, 5.41) is 13.4. The number of hydrogen-bond acceptors (Lipinski definition) is 3. The Labute approximate surface area is 95.7 Å². The van der Waals surface area contributed by atoms with Crippen molar-refractivity contribution in [2.45, 2.75) is 18.7 Å². The lowest BCUT2D eigenvalue weighted by Crippen LogP contribution is -2.44. The van der Waals surface area contributed by atoms with Gasteiger partial charge in [0.1, 0.15) is 13.1 Å². The highest BCUT2D eigenvalue weighted by Crippen LogP contribution is 2.36. The van der Waals surface area contributed by atoms with Crippen LogP contribution in [0.2, 0.25) is 0 Å². The Hall–Kier alpha value is -1.02. The number of halogens is 3. The van der Waals surface area contributed by atoms with Gasteiger partial charge < -0.3 is 19.9 Å². The van der Waals surface area contributed by atoms with Gasteiger partial charge in [0.05, 0.1) is 19.0 Å². The van der Waals surface area contributed by atoms with Crippen molar-refractivity contribution in [3.63, 3.8) is 0 Å². The predicted molar refractivity (Wildman–Crippen MR) is 50.7 cm³/mol. The Morgan fingerprint density at radius 2 is 2.18 bits per heavy atom. The van der Waals surface area contributed by atoms with Crippen LogP contribution >= 0.6 is 0 Å². The summed E-state index contributed by atoms with van der Waals surface area (Å²) in [7, 11) is 0. The highest BCUT2D eigenvalue weighted by molar-refractivity contribution is 5.67. The Kier molecular flexibility index (Phi) is 2.94. The molecule has 2 aliphatic heterocycles. The second-order valence-electron chi connectivity index (χ2n) is 4.61. The van der Waals surface area contributed by atoms with Crippen LogP contribution < -0.4 is 5.32 Å². The van der Waals surface area contributed by atoms with Crippen LogP contribution in [0.15, 0.2) is 0 Å². The Morgan fingerprint density at radius 1 is 1.47 bits per heavy atom. The van der Waals surface area contributed by atoms with Crippen LogP contribution in [0.4, 0.5) is 18.0 Å². The number of alkyl halides is 3. The standard InChI is InChI=1S/C9H13F3N2O3/c10-9(11,12)5-13-8(15)17-7-4-14(16)2-1-6(7)3-14/h6-7H,1-5H2,(H,13,15). The molecule has 2 fully saturated rings. The number of nitrogens with one attached hydrogen (secondary N) is 1. The van der Waals surface area contributed by atoms with E-state index in [1.165, 1.54) is 0 Å². The molecule has 2 bridgehead atoms. The molecule has 1 amide bonds. The van der Waals surface area contributed by atoms with Crippen LogP contribution in [-0.2, 0) is 4.74 Å². The van der Waals surface area contributed by atoms with Gasteiger partial charge in [-0.25, -0.2) is 4.79 Å². The fourth-order valence-corrected chi connectivity index (χ4v) is 2.44. The van der Waals surface area contributed by atoms with E-state index in [1.807, 2.05) is 0 Å². The normalized spacial score (nSPS) is 36.0. The second kappa shape index (κ2) is 4.02. The maximum atomic E-state index is 11.8. The van der Waals surface area contributed by atoms with Gasteiger partial charge in [-0.2, -0.15) is 13.2 Å². The van der Waals surface area contributed by atoms with Crippen molar-refractivity contribution in [2.24, 2.45) is 5.92 Å². The third kappa shape index (κ3) is 3.01. The van der Waals surface area contributed by atoms with Crippen LogP contribution in [0.3, 0.4) is 0 Å². The topological polar surface area (TPSA) is 61.4 Å². The van der Waals surface area contributed by atoms with E-state index in [-0.39, 0.29) is 17.1 Å². The number of rotatable bonds is 2. The van der Waals surface area contributed by atoms with E-state index >= 15 is 0 Å². The van der Waals surface area contributed by atoms with Gasteiger partial charge in [0, 0.05) is 6.42 Å². The zero-order valence-electron chi connectivity index (χ0n) is 9.00. The van der Waals surface area contributed by atoms with Crippen molar-refractivity contribution < 1.29 is 27.3 Å². The van der Waals surface area contributed by atoms with E-state index in [2.05, 4.69) is 0 Å². The first-order valence-corrected chi connectivity index (χ1v) is 5.36. The summed E-state index contributed by atoms with van der Waals surface area (Å²) in [4.78, 5) is 11.1. The van der Waals surface area contributed by atoms with Gasteiger partial charge in [0.15, 0.2) is 6.10 Å². The highest BCUT2D eigenvalue weighted by atomic mass is 19.4. The van der Waals surface area contributed by atoms with Crippen LogP contribution in [0.1, 0.15) is 6.42 Å². The zero-order valence-corrected chi connectivity index (χ0v) is 9.00. The van der Waals surface area contributed by atoms with Crippen LogP contribution in [0.25, 0.3) is 0 Å². The number of amides is 1. The van der Waals surface area contributed by atoms with Crippen molar-refractivity contribution in [1.29, 1.82) is 0 Å². The average Bonchev–Trinajstić information content (AvgIpc) is 2.69. The van der Waals surface area contributed by atoms with Crippen LogP contribution in [0.5, 0.6) is 0 Å². The Morgan fingerprint density at radius 3 is 2.65 bits per heavy atom. The SMILES string of the molecule is O=C(NCC(F)(F)F)OC1C[N+]2([O-])CCC1C2. The molecule has 2 aliphatic rings. The first kappa shape index (κ1) is 12.4. The summed E-state index contributed by atoms with van der Waals surface area (Å²) in [6.45, 7) is -0.351. The van der Waals surface area contributed by atoms with E-state index in [0.29, 0.717) is 19.5 Å². The quantitative estimate of drug-likeness (QED) is 0.590. The molecule has 8 heteroatoms. The van der Waals surface area contributed by atoms with Crippen molar-refractivity contribution in [3.05, 3.63) is 5.21 Å². The summed E-state index contributed by atoms with van der Waals surface area (Å²) in [6, 6.07) is 0. The maximum Gasteiger partial charge on any atom is 0.407 e. The molecule has 17 heavy (non-hydrogen) atoms. The monoisotopic (exact) mass is 254 g/mol. The molecule has 2 saturated heterocycles. The molecule has 0 spiro atoms. The van der Waals surface area contributed by atoms with Crippen molar-refractivity contribution in [1.82, 2.24) is 5.32 Å². The number of hydrogen-bond donors (Lipinski definition) is 1. The minimum absolute atomic E-state index is 0.0101. The number of carbonyl (C=O) groups is 1. The number of hydroxylamine groups is 3. The fraction of sp³-hybridized carbons (Fsp3) is 0.889. The molecule has 3 unspecified atom stereocenters. The number of nitrogens with zero attached hydrogens (tertiary/aromatic N) is 1. The lowest BCUT2D eigenvalue weighted by atomic mass is 10.0. The molecule has 5 nitrogen and oxygen atoms in total. The van der Waals surface area contributed by atoms with Gasteiger partial charge in [0.2, 0.25) is 0 Å². The molecule has 98 valence electrons. The second-order valence-corrected chi connectivity index (χ2v) is 4.61. The lowest BCUT2D eigenvalue weighted by molar-refractivity contribution is -0.861. The summed E-state index contributed by atoms with van der Waals surface area (Å²) >= 11 is 0. The number of carbonyl (C=O) groups excluding carboxylic acids is 1. The van der Waals surface area contributed by atoms with E-state index in [9.17, 15) is 23.2 Å². The minimum atomic E-state index is -4.45. The molecular weight excluding hydrogens is 241 g/mol. The predicted octanol–water partition coefficient (Wildman–Crippen LogP) is 0.992. The van der Waals surface area contributed by atoms with Gasteiger partial charge in [-0.1, -0.05) is 0 Å². The van der Waals surface area contributed by atoms with Crippen molar-refractivity contribution >= 4 is 6.09 Å². The van der Waals surface area contributed by atoms with Crippen LogP contribution in [-0.4, -0.2) is 49.2 Å². The molecule has 0 saturated carbocycles. The molecule has 2 heterocycles. The molecule has 0 aromatic heterocycles. The van der Waals surface area contributed by atoms with E-state index in [4.69, 9.17) is 4.74 Å². The molecule has 0 radical (unpaired) electrons. The van der Waals surface area contributed by atoms with E-state index < -0.39 is 24.9 Å². The third-order valence-corrected chi connectivity index (χ3v) is 3.20. The molecule has 2 rings (SSSR count). The molecule has 0 aromatic rings. The summed E-state index contributed by atoms with van der Waals surface area (Å²) in [6.07, 6.45) is -5.44. The first-order chi connectivity index (χ1) is 7.77. The smallest absolute Gasteiger partial charge is 0.407 e. The Bertz CT molecular complexity index is 323. The van der Waals surface area contributed by atoms with Crippen molar-refractivity contribution in [3.8, 4) is 0 Å². The number of ether oxygens (including phenoxy) is 1. The molecular formula is C9H13F3N2O3. The van der Waals surface area contributed by atoms with Gasteiger partial charge >= 0.3 is 12.3 Å². The highest BCUT2D eigenvalue weighted by Gasteiger charge is 2.48. The maximum absolute atomic E-state index is 11.8. The zero-order chi connectivity index (χ0) is 12.7. The molecule has 0 aliphatic carbocycles. The van der Waals surface area contributed by atoms with Gasteiger partial charge in [0.25, 0.3) is 0 Å². The molecule has 0 aromatic carbocycles.